The molecule has 0 atom stereocenters. The second-order valence-corrected chi connectivity index (χ2v) is 7.35. The first kappa shape index (κ1) is 19.2. The van der Waals surface area contributed by atoms with Crippen LogP contribution in [0.5, 0.6) is 5.75 Å². The first-order valence-corrected chi connectivity index (χ1v) is 9.74. The number of phenolic OH excluding ortho intramolecular Hbond substituents is 1. The van der Waals surface area contributed by atoms with Gasteiger partial charge in [-0.1, -0.05) is 31.2 Å². The number of carbonyl (C=O) groups is 1. The number of nitrogens with zero attached hydrogens (tertiary/aromatic N) is 2. The van der Waals surface area contributed by atoms with E-state index < -0.39 is 0 Å². The third kappa shape index (κ3) is 5.23. The summed E-state index contributed by atoms with van der Waals surface area (Å²) in [6.07, 6.45) is 1.04. The number of aromatic hydroxyl groups is 1. The average molecular weight is 369 g/mol. The van der Waals surface area contributed by atoms with Crippen LogP contribution in [0.15, 0.2) is 48.5 Å². The molecule has 1 fully saturated rings. The SMILES string of the molecule is CCc1ccc(CN(C)C(=O)C[NH+]2CCN(c3ccc(O)cc3)CC2)cc1. The van der Waals surface area contributed by atoms with Crippen molar-refractivity contribution in [3.63, 3.8) is 0 Å². The predicted octanol–water partition coefficient (Wildman–Crippen LogP) is 1.32. The van der Waals surface area contributed by atoms with Crippen molar-refractivity contribution in [2.45, 2.75) is 19.9 Å². The Morgan fingerprint density at radius 1 is 1.04 bits per heavy atom. The fraction of sp³-hybridized carbons (Fsp3) is 0.409. The van der Waals surface area contributed by atoms with Crippen LogP contribution in [0.3, 0.4) is 0 Å². The zero-order valence-electron chi connectivity index (χ0n) is 16.3. The maximum atomic E-state index is 12.6. The van der Waals surface area contributed by atoms with E-state index in [1.54, 1.807) is 12.1 Å². The van der Waals surface area contributed by atoms with Crippen LogP contribution in [-0.2, 0) is 17.8 Å². The highest BCUT2D eigenvalue weighted by atomic mass is 16.3. The lowest BCUT2D eigenvalue weighted by atomic mass is 10.1. The van der Waals surface area contributed by atoms with Gasteiger partial charge in [0.05, 0.1) is 26.2 Å². The number of nitrogens with one attached hydrogen (secondary N) is 1. The maximum absolute atomic E-state index is 12.6. The number of hydrogen-bond acceptors (Lipinski definition) is 3. The van der Waals surface area contributed by atoms with Crippen LogP contribution in [0.1, 0.15) is 18.1 Å². The number of phenols is 1. The van der Waals surface area contributed by atoms with Crippen molar-refractivity contribution < 1.29 is 14.8 Å². The maximum Gasteiger partial charge on any atom is 0.277 e. The van der Waals surface area contributed by atoms with Gasteiger partial charge >= 0.3 is 0 Å². The number of carbonyl (C=O) groups excluding carboxylic acids is 1. The largest absolute Gasteiger partial charge is 0.508 e. The highest BCUT2D eigenvalue weighted by molar-refractivity contribution is 5.76. The quantitative estimate of drug-likeness (QED) is 0.809. The van der Waals surface area contributed by atoms with Crippen molar-refractivity contribution in [3.8, 4) is 5.75 Å². The van der Waals surface area contributed by atoms with Crippen LogP contribution < -0.4 is 9.80 Å². The molecule has 2 aromatic rings. The third-order valence-electron chi connectivity index (χ3n) is 5.36. The molecule has 0 spiro atoms. The summed E-state index contributed by atoms with van der Waals surface area (Å²) in [6, 6.07) is 15.9. The predicted molar refractivity (Wildman–Crippen MR) is 108 cm³/mol. The molecular formula is C22H30N3O2+. The lowest BCUT2D eigenvalue weighted by Crippen LogP contribution is -3.15. The van der Waals surface area contributed by atoms with E-state index in [1.807, 2.05) is 24.1 Å². The zero-order valence-corrected chi connectivity index (χ0v) is 16.3. The Hall–Kier alpha value is -2.53. The first-order valence-electron chi connectivity index (χ1n) is 9.74. The molecule has 0 aliphatic carbocycles. The van der Waals surface area contributed by atoms with E-state index in [4.69, 9.17) is 0 Å². The van der Waals surface area contributed by atoms with Gasteiger partial charge in [0.1, 0.15) is 5.75 Å². The van der Waals surface area contributed by atoms with E-state index in [0.717, 1.165) is 38.3 Å². The second-order valence-electron chi connectivity index (χ2n) is 7.35. The molecule has 1 saturated heterocycles. The number of piperazine rings is 1. The molecule has 2 aromatic carbocycles. The van der Waals surface area contributed by atoms with Crippen molar-refractivity contribution >= 4 is 11.6 Å². The Kier molecular flexibility index (Phi) is 6.35. The lowest BCUT2D eigenvalue weighted by Gasteiger charge is -2.34. The standard InChI is InChI=1S/C22H29N3O2/c1-3-18-4-6-19(7-5-18)16-23(2)22(27)17-24-12-14-25(15-13-24)20-8-10-21(26)11-9-20/h4-11,26H,3,12-17H2,1-2H3/p+1. The van der Waals surface area contributed by atoms with Crippen molar-refractivity contribution in [1.29, 1.82) is 0 Å². The molecule has 27 heavy (non-hydrogen) atoms. The normalized spacial score (nSPS) is 15.0. The molecule has 144 valence electrons. The lowest BCUT2D eigenvalue weighted by molar-refractivity contribution is -0.892. The molecule has 5 heteroatoms. The molecule has 0 saturated carbocycles. The number of hydrogen-bond donors (Lipinski definition) is 2. The summed E-state index contributed by atoms with van der Waals surface area (Å²) in [5, 5.41) is 9.42. The van der Waals surface area contributed by atoms with Gasteiger partial charge < -0.3 is 19.8 Å². The Balaban J connectivity index is 1.46. The summed E-state index contributed by atoms with van der Waals surface area (Å²) < 4.78 is 0. The van der Waals surface area contributed by atoms with Crippen molar-refractivity contribution in [1.82, 2.24) is 4.90 Å². The van der Waals surface area contributed by atoms with E-state index in [9.17, 15) is 9.90 Å². The van der Waals surface area contributed by atoms with Gasteiger partial charge in [0.25, 0.3) is 5.91 Å². The van der Waals surface area contributed by atoms with Crippen molar-refractivity contribution in [3.05, 3.63) is 59.7 Å². The first-order chi connectivity index (χ1) is 13.0. The van der Waals surface area contributed by atoms with Gasteiger partial charge in [-0.15, -0.1) is 0 Å². The molecule has 1 heterocycles. The number of quaternary nitrogens is 1. The van der Waals surface area contributed by atoms with Gasteiger partial charge in [0.15, 0.2) is 6.54 Å². The van der Waals surface area contributed by atoms with Crippen LogP contribution >= 0.6 is 0 Å². The number of likely N-dealkylation sites (N-methyl/N-ethyl adjacent to an activating group) is 1. The van der Waals surface area contributed by atoms with E-state index in [-0.39, 0.29) is 5.91 Å². The number of benzene rings is 2. The van der Waals surface area contributed by atoms with E-state index >= 15 is 0 Å². The van der Waals surface area contributed by atoms with Crippen LogP contribution in [0.2, 0.25) is 0 Å². The fourth-order valence-electron chi connectivity index (χ4n) is 3.51. The second kappa shape index (κ2) is 8.91. The third-order valence-corrected chi connectivity index (χ3v) is 5.36. The van der Waals surface area contributed by atoms with Crippen molar-refractivity contribution in [2.24, 2.45) is 0 Å². The summed E-state index contributed by atoms with van der Waals surface area (Å²) in [7, 11) is 1.89. The highest BCUT2D eigenvalue weighted by Crippen LogP contribution is 2.18. The summed E-state index contributed by atoms with van der Waals surface area (Å²) in [4.78, 5) is 18.1. The van der Waals surface area contributed by atoms with Gasteiger partial charge in [0, 0.05) is 19.3 Å². The smallest absolute Gasteiger partial charge is 0.277 e. The molecular weight excluding hydrogens is 338 g/mol. The molecule has 0 bridgehead atoms. The number of rotatable bonds is 6. The van der Waals surface area contributed by atoms with Crippen LogP contribution in [0.4, 0.5) is 5.69 Å². The van der Waals surface area contributed by atoms with Crippen LogP contribution in [-0.4, -0.2) is 55.7 Å². The Morgan fingerprint density at radius 3 is 2.22 bits per heavy atom. The van der Waals surface area contributed by atoms with Gasteiger partial charge in [-0.25, -0.2) is 0 Å². The molecule has 1 aliphatic heterocycles. The number of amides is 1. The molecule has 5 nitrogen and oxygen atoms in total. The average Bonchev–Trinajstić information content (AvgIpc) is 2.70. The summed E-state index contributed by atoms with van der Waals surface area (Å²) in [5.41, 5.74) is 3.63. The Bertz CT molecular complexity index is 735. The minimum atomic E-state index is 0.197. The van der Waals surface area contributed by atoms with Crippen LogP contribution in [0.25, 0.3) is 0 Å². The summed E-state index contributed by atoms with van der Waals surface area (Å²) in [6.45, 7) is 7.11. The van der Waals surface area contributed by atoms with E-state index in [2.05, 4.69) is 36.1 Å². The monoisotopic (exact) mass is 368 g/mol. The highest BCUT2D eigenvalue weighted by Gasteiger charge is 2.23. The minimum Gasteiger partial charge on any atom is -0.508 e. The minimum absolute atomic E-state index is 0.197. The van der Waals surface area contributed by atoms with E-state index in [1.165, 1.54) is 16.0 Å². The van der Waals surface area contributed by atoms with Gasteiger partial charge in [-0.05, 0) is 41.8 Å². The van der Waals surface area contributed by atoms with E-state index in [0.29, 0.717) is 18.8 Å². The van der Waals surface area contributed by atoms with Crippen molar-refractivity contribution in [2.75, 3.05) is 44.7 Å². The molecule has 0 aromatic heterocycles. The zero-order chi connectivity index (χ0) is 19.2. The Labute approximate surface area is 161 Å². The number of anilines is 1. The molecule has 1 amide bonds. The number of aryl methyl sites for hydroxylation is 1. The topological polar surface area (TPSA) is 48.2 Å². The Morgan fingerprint density at radius 2 is 1.63 bits per heavy atom. The molecule has 1 aliphatic rings. The van der Waals surface area contributed by atoms with Gasteiger partial charge in [-0.3, -0.25) is 4.79 Å². The summed E-state index contributed by atoms with van der Waals surface area (Å²) in [5.74, 6) is 0.489. The molecule has 0 radical (unpaired) electrons. The molecule has 3 rings (SSSR count). The molecule has 2 N–H and O–H groups in total. The van der Waals surface area contributed by atoms with Gasteiger partial charge in [0.2, 0.25) is 0 Å². The molecule has 0 unspecified atom stereocenters. The summed E-state index contributed by atoms with van der Waals surface area (Å²) >= 11 is 0. The van der Waals surface area contributed by atoms with Gasteiger partial charge in [-0.2, -0.15) is 0 Å². The van der Waals surface area contributed by atoms with Crippen LogP contribution in [0, 0.1) is 0 Å². The fourth-order valence-corrected chi connectivity index (χ4v) is 3.51.